The summed E-state index contributed by atoms with van der Waals surface area (Å²) in [5.74, 6) is 0.436. The zero-order valence-corrected chi connectivity index (χ0v) is 15.4. The average molecular weight is 358 g/mol. The Hall–Kier alpha value is -2.60. The van der Waals surface area contributed by atoms with E-state index in [1.807, 2.05) is 30.3 Å². The van der Waals surface area contributed by atoms with E-state index in [4.69, 9.17) is 21.7 Å². The van der Waals surface area contributed by atoms with Crippen LogP contribution in [0.25, 0.3) is 0 Å². The number of benzene rings is 2. The number of carbonyl (C=O) groups is 1. The van der Waals surface area contributed by atoms with Crippen molar-refractivity contribution in [2.45, 2.75) is 19.4 Å². The van der Waals surface area contributed by atoms with Crippen molar-refractivity contribution >= 4 is 29.0 Å². The summed E-state index contributed by atoms with van der Waals surface area (Å²) in [4.78, 5) is 11.6. The van der Waals surface area contributed by atoms with E-state index in [0.29, 0.717) is 10.7 Å². The van der Waals surface area contributed by atoms with Gasteiger partial charge < -0.3 is 20.1 Å². The second-order valence-corrected chi connectivity index (χ2v) is 5.81. The number of carbonyl (C=O) groups excluding carboxylic acids is 1. The van der Waals surface area contributed by atoms with E-state index in [-0.39, 0.29) is 12.0 Å². The number of nitrogens with one attached hydrogen (secondary N) is 2. The number of hydrogen-bond acceptors (Lipinski definition) is 4. The number of methoxy groups -OCH3 is 2. The SMILES string of the molecule is CC[C@@H](NC(=S)Nc1cccc(C(=O)OC)c1)c1ccc(OC)cc1. The molecule has 2 aromatic carbocycles. The van der Waals surface area contributed by atoms with Crippen molar-refractivity contribution in [3.8, 4) is 5.75 Å². The Morgan fingerprint density at radius 2 is 1.88 bits per heavy atom. The molecule has 0 aliphatic rings. The highest BCUT2D eigenvalue weighted by atomic mass is 32.1. The number of hydrogen-bond donors (Lipinski definition) is 2. The van der Waals surface area contributed by atoms with Crippen LogP contribution < -0.4 is 15.4 Å². The Bertz CT molecular complexity index is 732. The molecule has 0 amide bonds. The predicted molar refractivity (Wildman–Crippen MR) is 103 cm³/mol. The maximum absolute atomic E-state index is 11.6. The third-order valence-electron chi connectivity index (χ3n) is 3.77. The minimum atomic E-state index is -0.382. The highest BCUT2D eigenvalue weighted by Gasteiger charge is 2.12. The zero-order valence-electron chi connectivity index (χ0n) is 14.5. The van der Waals surface area contributed by atoms with Crippen LogP contribution in [0.15, 0.2) is 48.5 Å². The first kappa shape index (κ1) is 18.7. The summed E-state index contributed by atoms with van der Waals surface area (Å²) in [5, 5.41) is 6.89. The van der Waals surface area contributed by atoms with Crippen molar-refractivity contribution in [3.63, 3.8) is 0 Å². The van der Waals surface area contributed by atoms with E-state index in [1.54, 1.807) is 25.3 Å². The Kier molecular flexibility index (Phi) is 6.77. The molecule has 25 heavy (non-hydrogen) atoms. The summed E-state index contributed by atoms with van der Waals surface area (Å²) < 4.78 is 9.92. The lowest BCUT2D eigenvalue weighted by Gasteiger charge is -2.20. The van der Waals surface area contributed by atoms with Gasteiger partial charge in [0.25, 0.3) is 0 Å². The van der Waals surface area contributed by atoms with E-state index in [9.17, 15) is 4.79 Å². The quantitative estimate of drug-likeness (QED) is 0.603. The number of anilines is 1. The first-order valence-corrected chi connectivity index (χ1v) is 8.38. The lowest BCUT2D eigenvalue weighted by atomic mass is 10.0. The number of ether oxygens (including phenoxy) is 2. The summed E-state index contributed by atoms with van der Waals surface area (Å²) >= 11 is 5.40. The van der Waals surface area contributed by atoms with Gasteiger partial charge >= 0.3 is 5.97 Å². The van der Waals surface area contributed by atoms with Gasteiger partial charge in [-0.3, -0.25) is 0 Å². The topological polar surface area (TPSA) is 59.6 Å². The fraction of sp³-hybridized carbons (Fsp3) is 0.263. The smallest absolute Gasteiger partial charge is 0.337 e. The van der Waals surface area contributed by atoms with Crippen molar-refractivity contribution < 1.29 is 14.3 Å². The van der Waals surface area contributed by atoms with Gasteiger partial charge in [-0.1, -0.05) is 25.1 Å². The molecule has 0 saturated carbocycles. The van der Waals surface area contributed by atoms with E-state index < -0.39 is 0 Å². The molecule has 0 fully saturated rings. The average Bonchev–Trinajstić information content (AvgIpc) is 2.65. The third-order valence-corrected chi connectivity index (χ3v) is 3.99. The molecule has 0 saturated heterocycles. The standard InChI is InChI=1S/C19H22N2O3S/c1-4-17(13-8-10-16(23-2)11-9-13)21-19(25)20-15-7-5-6-14(12-15)18(22)24-3/h5-12,17H,4H2,1-3H3,(H2,20,21,25)/t17-/m1/s1. The molecule has 6 heteroatoms. The summed E-state index contributed by atoms with van der Waals surface area (Å²) in [6.45, 7) is 2.09. The lowest BCUT2D eigenvalue weighted by Crippen LogP contribution is -2.32. The molecule has 0 heterocycles. The third kappa shape index (κ3) is 5.19. The number of thiocarbonyl (C=S) groups is 1. The Morgan fingerprint density at radius 3 is 2.48 bits per heavy atom. The van der Waals surface area contributed by atoms with E-state index in [1.165, 1.54) is 7.11 Å². The fourth-order valence-corrected chi connectivity index (χ4v) is 2.68. The minimum Gasteiger partial charge on any atom is -0.497 e. The highest BCUT2D eigenvalue weighted by molar-refractivity contribution is 7.80. The van der Waals surface area contributed by atoms with Gasteiger partial charge in [0.15, 0.2) is 5.11 Å². The largest absolute Gasteiger partial charge is 0.497 e. The normalized spacial score (nSPS) is 11.3. The Morgan fingerprint density at radius 1 is 1.16 bits per heavy atom. The van der Waals surface area contributed by atoms with E-state index in [0.717, 1.165) is 23.4 Å². The molecule has 0 unspecified atom stereocenters. The Labute approximate surface area is 153 Å². The van der Waals surface area contributed by atoms with Gasteiger partial charge in [0.1, 0.15) is 5.75 Å². The highest BCUT2D eigenvalue weighted by Crippen LogP contribution is 2.20. The summed E-state index contributed by atoms with van der Waals surface area (Å²) in [6, 6.07) is 15.0. The van der Waals surface area contributed by atoms with Crippen LogP contribution in [0.1, 0.15) is 35.3 Å². The van der Waals surface area contributed by atoms with Gasteiger partial charge in [0, 0.05) is 5.69 Å². The predicted octanol–water partition coefficient (Wildman–Crippen LogP) is 3.92. The molecule has 2 rings (SSSR count). The maximum Gasteiger partial charge on any atom is 0.337 e. The molecule has 2 N–H and O–H groups in total. The second-order valence-electron chi connectivity index (χ2n) is 5.40. The molecular formula is C19H22N2O3S. The van der Waals surface area contributed by atoms with Gasteiger partial charge in [-0.15, -0.1) is 0 Å². The molecule has 132 valence electrons. The lowest BCUT2D eigenvalue weighted by molar-refractivity contribution is 0.0601. The number of rotatable bonds is 6. The molecule has 0 spiro atoms. The van der Waals surface area contributed by atoms with Crippen LogP contribution >= 0.6 is 12.2 Å². The van der Waals surface area contributed by atoms with Gasteiger partial charge in [0.05, 0.1) is 25.8 Å². The molecule has 1 atom stereocenters. The minimum absolute atomic E-state index is 0.0784. The summed E-state index contributed by atoms with van der Waals surface area (Å²) in [5.41, 5.74) is 2.32. The van der Waals surface area contributed by atoms with Crippen molar-refractivity contribution in [1.29, 1.82) is 0 Å². The van der Waals surface area contributed by atoms with Crippen molar-refractivity contribution in [1.82, 2.24) is 5.32 Å². The van der Waals surface area contributed by atoms with Crippen LogP contribution in [-0.2, 0) is 4.74 Å². The second kappa shape index (κ2) is 9.03. The van der Waals surface area contributed by atoms with Crippen LogP contribution in [0, 0.1) is 0 Å². The monoisotopic (exact) mass is 358 g/mol. The Balaban J connectivity index is 2.03. The summed E-state index contributed by atoms with van der Waals surface area (Å²) in [7, 11) is 3.00. The van der Waals surface area contributed by atoms with Gasteiger partial charge in [-0.05, 0) is 54.5 Å². The first-order valence-electron chi connectivity index (χ1n) is 7.97. The van der Waals surface area contributed by atoms with Gasteiger partial charge in [0.2, 0.25) is 0 Å². The van der Waals surface area contributed by atoms with E-state index >= 15 is 0 Å². The molecule has 0 aromatic heterocycles. The molecule has 0 bridgehead atoms. The molecule has 0 aliphatic heterocycles. The zero-order chi connectivity index (χ0) is 18.2. The molecule has 0 aliphatic carbocycles. The first-order chi connectivity index (χ1) is 12.1. The van der Waals surface area contributed by atoms with Crippen LogP contribution in [0.4, 0.5) is 5.69 Å². The van der Waals surface area contributed by atoms with Gasteiger partial charge in [-0.25, -0.2) is 4.79 Å². The maximum atomic E-state index is 11.6. The van der Waals surface area contributed by atoms with Crippen molar-refractivity contribution in [2.75, 3.05) is 19.5 Å². The van der Waals surface area contributed by atoms with E-state index in [2.05, 4.69) is 17.6 Å². The van der Waals surface area contributed by atoms with Crippen LogP contribution in [0.3, 0.4) is 0 Å². The van der Waals surface area contributed by atoms with Crippen LogP contribution in [-0.4, -0.2) is 25.3 Å². The van der Waals surface area contributed by atoms with Gasteiger partial charge in [-0.2, -0.15) is 0 Å². The van der Waals surface area contributed by atoms with Crippen molar-refractivity contribution in [3.05, 3.63) is 59.7 Å². The molecular weight excluding hydrogens is 336 g/mol. The fourth-order valence-electron chi connectivity index (χ4n) is 2.42. The van der Waals surface area contributed by atoms with Crippen molar-refractivity contribution in [2.24, 2.45) is 0 Å². The van der Waals surface area contributed by atoms with Crippen LogP contribution in [0.5, 0.6) is 5.75 Å². The summed E-state index contributed by atoms with van der Waals surface area (Å²) in [6.07, 6.45) is 0.871. The molecule has 0 radical (unpaired) electrons. The van der Waals surface area contributed by atoms with Crippen LogP contribution in [0.2, 0.25) is 0 Å². The molecule has 5 nitrogen and oxygen atoms in total. The number of esters is 1. The molecule has 2 aromatic rings.